The lowest BCUT2D eigenvalue weighted by Gasteiger charge is -2.14. The van der Waals surface area contributed by atoms with Gasteiger partial charge in [0.1, 0.15) is 11.9 Å². The summed E-state index contributed by atoms with van der Waals surface area (Å²) in [5.41, 5.74) is 0.946. The summed E-state index contributed by atoms with van der Waals surface area (Å²) in [6.07, 6.45) is 3.23. The molecule has 0 unspecified atom stereocenters. The van der Waals surface area contributed by atoms with Crippen molar-refractivity contribution in [2.75, 3.05) is 19.0 Å². The molecular formula is C20H19ClFN5O4S. The molecule has 12 heteroatoms. The van der Waals surface area contributed by atoms with Crippen LogP contribution in [0.2, 0.25) is 5.15 Å². The lowest BCUT2D eigenvalue weighted by molar-refractivity contribution is 0.0669. The van der Waals surface area contributed by atoms with Gasteiger partial charge in [-0.3, -0.25) is 15.1 Å². The summed E-state index contributed by atoms with van der Waals surface area (Å²) < 4.78 is 31.4. The maximum absolute atomic E-state index is 14.9. The Balaban J connectivity index is 1.62. The molecule has 0 bridgehead atoms. The highest BCUT2D eigenvalue weighted by Gasteiger charge is 2.28. The molecule has 0 spiro atoms. The Hall–Kier alpha value is -2.89. The highest BCUT2D eigenvalue weighted by Crippen LogP contribution is 2.37. The molecule has 3 aromatic heterocycles. The van der Waals surface area contributed by atoms with Crippen molar-refractivity contribution in [2.45, 2.75) is 32.5 Å². The van der Waals surface area contributed by atoms with E-state index in [1.807, 2.05) is 6.92 Å². The lowest BCUT2D eigenvalue weighted by Crippen LogP contribution is -2.24. The summed E-state index contributed by atoms with van der Waals surface area (Å²) in [5.74, 6) is -1.22. The number of anilines is 1. The van der Waals surface area contributed by atoms with Crippen LogP contribution in [-0.2, 0) is 4.74 Å². The first-order chi connectivity index (χ1) is 15.4. The topological polar surface area (TPSA) is 108 Å². The van der Waals surface area contributed by atoms with Gasteiger partial charge in [0, 0.05) is 23.9 Å². The number of carbonyl (C=O) groups excluding carboxylic acids is 1. The lowest BCUT2D eigenvalue weighted by atomic mass is 10.00. The molecule has 0 saturated carbocycles. The average Bonchev–Trinajstić information content (AvgIpc) is 3.38. The summed E-state index contributed by atoms with van der Waals surface area (Å²) in [6, 6.07) is 1.57. The molecule has 1 saturated heterocycles. The van der Waals surface area contributed by atoms with Gasteiger partial charge in [0.2, 0.25) is 5.13 Å². The maximum atomic E-state index is 14.9. The Labute approximate surface area is 191 Å². The number of ether oxygens (including phenoxy) is 3. The van der Waals surface area contributed by atoms with E-state index in [1.165, 1.54) is 19.5 Å². The molecule has 1 N–H and O–H groups in total. The SMILES string of the molecule is COc1cnc(Cl)c(F)c1-c1cc(C)ncc1C(=O)Nc1nnc(O[C@H]2CCO[C@@H]2C)s1. The number of nitrogens with zero attached hydrogens (tertiary/aromatic N) is 4. The Morgan fingerprint density at radius 2 is 2.16 bits per heavy atom. The van der Waals surface area contributed by atoms with Gasteiger partial charge in [-0.2, -0.15) is 0 Å². The van der Waals surface area contributed by atoms with Gasteiger partial charge < -0.3 is 14.2 Å². The number of hydrogen-bond acceptors (Lipinski definition) is 9. The number of aromatic nitrogens is 4. The van der Waals surface area contributed by atoms with Crippen LogP contribution in [0.15, 0.2) is 18.5 Å². The quantitative estimate of drug-likeness (QED) is 0.530. The van der Waals surface area contributed by atoms with Crippen molar-refractivity contribution in [3.05, 3.63) is 40.7 Å². The third-order valence-corrected chi connectivity index (χ3v) is 5.90. The summed E-state index contributed by atoms with van der Waals surface area (Å²) >= 11 is 6.96. The molecule has 9 nitrogen and oxygen atoms in total. The molecule has 0 radical (unpaired) electrons. The molecule has 1 fully saturated rings. The summed E-state index contributed by atoms with van der Waals surface area (Å²) in [6.45, 7) is 4.27. The van der Waals surface area contributed by atoms with Gasteiger partial charge in [0.25, 0.3) is 11.1 Å². The Morgan fingerprint density at radius 3 is 2.88 bits per heavy atom. The summed E-state index contributed by atoms with van der Waals surface area (Å²) in [7, 11) is 1.38. The zero-order valence-electron chi connectivity index (χ0n) is 17.4. The number of rotatable bonds is 6. The minimum Gasteiger partial charge on any atom is -0.494 e. The molecular weight excluding hydrogens is 461 g/mol. The Kier molecular flexibility index (Phi) is 6.49. The number of halogens is 2. The molecule has 3 aromatic rings. The first-order valence-corrected chi connectivity index (χ1v) is 10.8. The molecule has 1 amide bonds. The third kappa shape index (κ3) is 4.50. The van der Waals surface area contributed by atoms with E-state index in [1.54, 1.807) is 13.0 Å². The first-order valence-electron chi connectivity index (χ1n) is 9.65. The van der Waals surface area contributed by atoms with E-state index in [4.69, 9.17) is 25.8 Å². The van der Waals surface area contributed by atoms with E-state index in [9.17, 15) is 9.18 Å². The highest BCUT2D eigenvalue weighted by molar-refractivity contribution is 7.17. The normalized spacial score (nSPS) is 17.9. The molecule has 1 aliphatic rings. The largest absolute Gasteiger partial charge is 0.494 e. The molecule has 168 valence electrons. The maximum Gasteiger partial charge on any atom is 0.296 e. The van der Waals surface area contributed by atoms with Crippen molar-refractivity contribution in [2.24, 2.45) is 0 Å². The van der Waals surface area contributed by atoms with Crippen LogP contribution >= 0.6 is 22.9 Å². The predicted molar refractivity (Wildman–Crippen MR) is 116 cm³/mol. The fraction of sp³-hybridized carbons (Fsp3) is 0.350. The number of hydrogen-bond donors (Lipinski definition) is 1. The van der Waals surface area contributed by atoms with Gasteiger partial charge in [0.15, 0.2) is 11.0 Å². The minimum atomic E-state index is -0.801. The van der Waals surface area contributed by atoms with E-state index in [-0.39, 0.29) is 44.9 Å². The minimum absolute atomic E-state index is 0.0136. The number of amides is 1. The van der Waals surface area contributed by atoms with Crippen LogP contribution in [0, 0.1) is 12.7 Å². The Morgan fingerprint density at radius 1 is 1.34 bits per heavy atom. The van der Waals surface area contributed by atoms with Crippen molar-refractivity contribution in [1.29, 1.82) is 0 Å². The van der Waals surface area contributed by atoms with Crippen LogP contribution in [0.3, 0.4) is 0 Å². The second kappa shape index (κ2) is 9.31. The van der Waals surface area contributed by atoms with Gasteiger partial charge in [-0.05, 0) is 31.3 Å². The molecule has 0 aliphatic carbocycles. The number of carbonyl (C=O) groups is 1. The van der Waals surface area contributed by atoms with Crippen molar-refractivity contribution >= 4 is 34.0 Å². The summed E-state index contributed by atoms with van der Waals surface area (Å²) in [4.78, 5) is 21.0. The van der Waals surface area contributed by atoms with Crippen LogP contribution in [-0.4, -0.2) is 52.0 Å². The van der Waals surface area contributed by atoms with Crippen molar-refractivity contribution < 1.29 is 23.4 Å². The van der Waals surface area contributed by atoms with Gasteiger partial charge in [0.05, 0.1) is 37.1 Å². The fourth-order valence-corrected chi connectivity index (χ4v) is 4.06. The smallest absolute Gasteiger partial charge is 0.296 e. The van der Waals surface area contributed by atoms with Crippen LogP contribution in [0.5, 0.6) is 10.9 Å². The van der Waals surface area contributed by atoms with Crippen molar-refractivity contribution in [3.8, 4) is 22.1 Å². The second-order valence-corrected chi connectivity index (χ2v) is 8.32. The van der Waals surface area contributed by atoms with Gasteiger partial charge >= 0.3 is 0 Å². The van der Waals surface area contributed by atoms with E-state index in [2.05, 4.69) is 25.5 Å². The Bertz CT molecular complexity index is 1160. The van der Waals surface area contributed by atoms with Gasteiger partial charge in [-0.25, -0.2) is 9.37 Å². The third-order valence-electron chi connectivity index (χ3n) is 4.90. The number of methoxy groups -OCH3 is 1. The number of aryl methyl sites for hydroxylation is 1. The highest BCUT2D eigenvalue weighted by atomic mass is 35.5. The predicted octanol–water partition coefficient (Wildman–Crippen LogP) is 3.91. The van der Waals surface area contributed by atoms with Crippen molar-refractivity contribution in [1.82, 2.24) is 20.2 Å². The van der Waals surface area contributed by atoms with E-state index in [0.717, 1.165) is 17.8 Å². The van der Waals surface area contributed by atoms with Gasteiger partial charge in [-0.1, -0.05) is 16.7 Å². The van der Waals surface area contributed by atoms with Crippen LogP contribution in [0.1, 0.15) is 29.4 Å². The summed E-state index contributed by atoms with van der Waals surface area (Å²) in [5, 5.41) is 10.8. The van der Waals surface area contributed by atoms with E-state index < -0.39 is 11.7 Å². The molecule has 4 rings (SSSR count). The number of pyridine rings is 2. The van der Waals surface area contributed by atoms with Crippen LogP contribution in [0.25, 0.3) is 11.1 Å². The molecule has 4 heterocycles. The van der Waals surface area contributed by atoms with E-state index >= 15 is 0 Å². The average molecular weight is 480 g/mol. The zero-order valence-corrected chi connectivity index (χ0v) is 19.0. The monoisotopic (exact) mass is 479 g/mol. The molecule has 32 heavy (non-hydrogen) atoms. The first kappa shape index (κ1) is 22.3. The second-order valence-electron chi connectivity index (χ2n) is 7.03. The van der Waals surface area contributed by atoms with Crippen LogP contribution < -0.4 is 14.8 Å². The standard InChI is InChI=1S/C20H19ClFN5O4S/c1-9-6-11(15-14(29-3)8-24-17(21)16(15)22)12(7-23-9)18(28)25-19-26-27-20(32-19)31-13-4-5-30-10(13)2/h6-8,10,13H,4-5H2,1-3H3,(H,25,26,28)/t10-,13+/m1/s1. The zero-order chi connectivity index (χ0) is 22.8. The van der Waals surface area contributed by atoms with Crippen molar-refractivity contribution in [3.63, 3.8) is 0 Å². The molecule has 0 aromatic carbocycles. The number of nitrogens with one attached hydrogen (secondary N) is 1. The molecule has 2 atom stereocenters. The fourth-order valence-electron chi connectivity index (χ4n) is 3.27. The van der Waals surface area contributed by atoms with E-state index in [0.29, 0.717) is 17.5 Å². The van der Waals surface area contributed by atoms with Crippen LogP contribution in [0.4, 0.5) is 9.52 Å². The molecule has 1 aliphatic heterocycles. The van der Waals surface area contributed by atoms with Gasteiger partial charge in [-0.15, -0.1) is 5.10 Å².